The minimum absolute atomic E-state index is 0.0497. The van der Waals surface area contributed by atoms with Crippen molar-refractivity contribution >= 4 is 5.97 Å². The van der Waals surface area contributed by atoms with Crippen LogP contribution in [0.1, 0.15) is 37.7 Å². The SMILES string of the molecule is COC(=O)[C@@H]1C[C@H]2CCCC[C@@H]2N1CCc1ccc(OC)cc1. The molecule has 1 aromatic carbocycles. The zero-order valence-electron chi connectivity index (χ0n) is 14.2. The second kappa shape index (κ2) is 7.35. The molecular weight excluding hydrogens is 290 g/mol. The van der Waals surface area contributed by atoms with Crippen LogP contribution in [0.25, 0.3) is 0 Å². The van der Waals surface area contributed by atoms with Gasteiger partial charge in [-0.25, -0.2) is 0 Å². The number of esters is 1. The molecule has 2 fully saturated rings. The van der Waals surface area contributed by atoms with E-state index in [0.717, 1.165) is 25.1 Å². The molecule has 0 unspecified atom stereocenters. The molecule has 1 heterocycles. The van der Waals surface area contributed by atoms with Gasteiger partial charge < -0.3 is 9.47 Å². The number of benzene rings is 1. The maximum Gasteiger partial charge on any atom is 0.323 e. The minimum Gasteiger partial charge on any atom is -0.497 e. The Labute approximate surface area is 138 Å². The Kier molecular flexibility index (Phi) is 5.21. The lowest BCUT2D eigenvalue weighted by Gasteiger charge is -2.33. The second-order valence-electron chi connectivity index (χ2n) is 6.72. The Morgan fingerprint density at radius 1 is 1.17 bits per heavy atom. The number of carbonyl (C=O) groups excluding carboxylic acids is 1. The van der Waals surface area contributed by atoms with Crippen LogP contribution in [0.4, 0.5) is 0 Å². The molecular formula is C19H27NO3. The summed E-state index contributed by atoms with van der Waals surface area (Å²) in [4.78, 5) is 14.6. The average molecular weight is 317 g/mol. The first-order valence-electron chi connectivity index (χ1n) is 8.69. The molecule has 1 aliphatic heterocycles. The van der Waals surface area contributed by atoms with Gasteiger partial charge in [-0.2, -0.15) is 0 Å². The van der Waals surface area contributed by atoms with Crippen LogP contribution in [-0.2, 0) is 16.0 Å². The standard InChI is InChI=1S/C19H27NO3/c1-22-16-9-7-14(8-10-16)11-12-20-17-6-4-3-5-15(17)13-18(20)19(21)23-2/h7-10,15,17-18H,3-6,11-13H2,1-2H3/t15-,17+,18+/m1/s1. The summed E-state index contributed by atoms with van der Waals surface area (Å²) in [5.41, 5.74) is 1.29. The maximum absolute atomic E-state index is 12.2. The Balaban J connectivity index is 1.67. The van der Waals surface area contributed by atoms with E-state index in [-0.39, 0.29) is 12.0 Å². The van der Waals surface area contributed by atoms with Crippen molar-refractivity contribution in [2.24, 2.45) is 5.92 Å². The van der Waals surface area contributed by atoms with E-state index in [2.05, 4.69) is 17.0 Å². The van der Waals surface area contributed by atoms with Crippen molar-refractivity contribution in [1.82, 2.24) is 4.90 Å². The van der Waals surface area contributed by atoms with Crippen LogP contribution >= 0.6 is 0 Å². The molecule has 1 saturated carbocycles. The number of hydrogen-bond donors (Lipinski definition) is 0. The summed E-state index contributed by atoms with van der Waals surface area (Å²) >= 11 is 0. The molecule has 2 aliphatic rings. The van der Waals surface area contributed by atoms with Crippen LogP contribution in [0.5, 0.6) is 5.75 Å². The Hall–Kier alpha value is -1.55. The monoisotopic (exact) mass is 317 g/mol. The Morgan fingerprint density at radius 3 is 2.61 bits per heavy atom. The van der Waals surface area contributed by atoms with Crippen molar-refractivity contribution in [3.05, 3.63) is 29.8 Å². The zero-order valence-corrected chi connectivity index (χ0v) is 14.2. The third-order valence-electron chi connectivity index (χ3n) is 5.51. The molecule has 1 aliphatic carbocycles. The molecule has 0 aromatic heterocycles. The molecule has 4 nitrogen and oxygen atoms in total. The zero-order chi connectivity index (χ0) is 16.2. The molecule has 1 aromatic rings. The predicted octanol–water partition coefficient (Wildman–Crippen LogP) is 3.04. The van der Waals surface area contributed by atoms with Gasteiger partial charge in [0.1, 0.15) is 11.8 Å². The molecule has 0 radical (unpaired) electrons. The lowest BCUT2D eigenvalue weighted by atomic mass is 9.84. The molecule has 3 atom stereocenters. The molecule has 126 valence electrons. The van der Waals surface area contributed by atoms with E-state index in [1.54, 1.807) is 7.11 Å². The van der Waals surface area contributed by atoms with Gasteiger partial charge in [-0.3, -0.25) is 9.69 Å². The summed E-state index contributed by atoms with van der Waals surface area (Å²) in [5, 5.41) is 0. The van der Waals surface area contributed by atoms with Gasteiger partial charge in [-0.1, -0.05) is 25.0 Å². The van der Waals surface area contributed by atoms with Crippen LogP contribution in [0.15, 0.2) is 24.3 Å². The normalized spacial score (nSPS) is 27.5. The summed E-state index contributed by atoms with van der Waals surface area (Å²) in [6.45, 7) is 0.924. The van der Waals surface area contributed by atoms with Gasteiger partial charge in [0.15, 0.2) is 0 Å². The third-order valence-corrected chi connectivity index (χ3v) is 5.51. The first-order chi connectivity index (χ1) is 11.2. The van der Waals surface area contributed by atoms with Gasteiger partial charge in [-0.15, -0.1) is 0 Å². The first-order valence-corrected chi connectivity index (χ1v) is 8.69. The van der Waals surface area contributed by atoms with Crippen LogP contribution in [0.3, 0.4) is 0 Å². The topological polar surface area (TPSA) is 38.8 Å². The maximum atomic E-state index is 12.2. The summed E-state index contributed by atoms with van der Waals surface area (Å²) in [7, 11) is 3.19. The van der Waals surface area contributed by atoms with E-state index < -0.39 is 0 Å². The number of nitrogens with zero attached hydrogens (tertiary/aromatic N) is 1. The highest BCUT2D eigenvalue weighted by atomic mass is 16.5. The van der Waals surface area contributed by atoms with E-state index in [4.69, 9.17) is 9.47 Å². The summed E-state index contributed by atoms with van der Waals surface area (Å²) < 4.78 is 10.3. The first kappa shape index (κ1) is 16.3. The Bertz CT molecular complexity index is 528. The van der Waals surface area contributed by atoms with Gasteiger partial charge >= 0.3 is 5.97 Å². The van der Waals surface area contributed by atoms with E-state index >= 15 is 0 Å². The smallest absolute Gasteiger partial charge is 0.323 e. The number of fused-ring (bicyclic) bond motifs is 1. The van der Waals surface area contributed by atoms with Crippen molar-refractivity contribution in [3.8, 4) is 5.75 Å². The van der Waals surface area contributed by atoms with Crippen LogP contribution < -0.4 is 4.74 Å². The van der Waals surface area contributed by atoms with E-state index in [1.807, 2.05) is 12.1 Å². The lowest BCUT2D eigenvalue weighted by molar-refractivity contribution is -0.146. The number of hydrogen-bond acceptors (Lipinski definition) is 4. The predicted molar refractivity (Wildman–Crippen MR) is 89.6 cm³/mol. The van der Waals surface area contributed by atoms with Gasteiger partial charge in [-0.05, 0) is 49.3 Å². The van der Waals surface area contributed by atoms with E-state index in [1.165, 1.54) is 38.4 Å². The molecule has 0 N–H and O–H groups in total. The van der Waals surface area contributed by atoms with E-state index in [9.17, 15) is 4.79 Å². The van der Waals surface area contributed by atoms with Crippen LogP contribution in [-0.4, -0.2) is 43.7 Å². The fraction of sp³-hybridized carbons (Fsp3) is 0.632. The summed E-state index contributed by atoms with van der Waals surface area (Å²) in [6, 6.07) is 8.74. The summed E-state index contributed by atoms with van der Waals surface area (Å²) in [6.07, 6.45) is 7.01. The largest absolute Gasteiger partial charge is 0.497 e. The summed E-state index contributed by atoms with van der Waals surface area (Å²) in [5.74, 6) is 1.49. The highest BCUT2D eigenvalue weighted by Gasteiger charge is 2.45. The highest BCUT2D eigenvalue weighted by molar-refractivity contribution is 5.76. The van der Waals surface area contributed by atoms with Gasteiger partial charge in [0.25, 0.3) is 0 Å². The van der Waals surface area contributed by atoms with Crippen molar-refractivity contribution < 1.29 is 14.3 Å². The molecule has 4 heteroatoms. The highest BCUT2D eigenvalue weighted by Crippen LogP contribution is 2.40. The van der Waals surface area contributed by atoms with Crippen molar-refractivity contribution in [2.45, 2.75) is 50.6 Å². The Morgan fingerprint density at radius 2 is 1.91 bits per heavy atom. The number of ether oxygens (including phenoxy) is 2. The van der Waals surface area contributed by atoms with Gasteiger partial charge in [0, 0.05) is 12.6 Å². The second-order valence-corrected chi connectivity index (χ2v) is 6.72. The van der Waals surface area contributed by atoms with Crippen LogP contribution in [0, 0.1) is 5.92 Å². The van der Waals surface area contributed by atoms with E-state index in [0.29, 0.717) is 12.0 Å². The number of carbonyl (C=O) groups is 1. The average Bonchev–Trinajstić information content (AvgIpc) is 2.98. The van der Waals surface area contributed by atoms with Crippen LogP contribution in [0.2, 0.25) is 0 Å². The van der Waals surface area contributed by atoms with Gasteiger partial charge in [0.05, 0.1) is 14.2 Å². The van der Waals surface area contributed by atoms with Gasteiger partial charge in [0.2, 0.25) is 0 Å². The molecule has 0 amide bonds. The van der Waals surface area contributed by atoms with Crippen molar-refractivity contribution in [1.29, 1.82) is 0 Å². The lowest BCUT2D eigenvalue weighted by Crippen LogP contribution is -2.43. The number of rotatable bonds is 5. The molecule has 0 bridgehead atoms. The molecule has 1 saturated heterocycles. The third kappa shape index (κ3) is 3.52. The van der Waals surface area contributed by atoms with Crippen molar-refractivity contribution in [3.63, 3.8) is 0 Å². The number of methoxy groups -OCH3 is 2. The number of likely N-dealkylation sites (tertiary alicyclic amines) is 1. The van der Waals surface area contributed by atoms with Crippen molar-refractivity contribution in [2.75, 3.05) is 20.8 Å². The minimum atomic E-state index is -0.0610. The fourth-order valence-corrected chi connectivity index (χ4v) is 4.29. The molecule has 3 rings (SSSR count). The molecule has 0 spiro atoms. The molecule has 23 heavy (non-hydrogen) atoms. The fourth-order valence-electron chi connectivity index (χ4n) is 4.29. The quantitative estimate of drug-likeness (QED) is 0.783.